The second-order valence-corrected chi connectivity index (χ2v) is 3.57. The van der Waals surface area contributed by atoms with Gasteiger partial charge < -0.3 is 11.1 Å². The standard InChI is InChI=1S/C8H16F3N3O/c1-6(12)3-14(2)4-7(15)13-5-8(9,10)11/h6H,3-5,12H2,1-2H3,(H,13,15). The van der Waals surface area contributed by atoms with Crippen molar-refractivity contribution in [3.05, 3.63) is 0 Å². The van der Waals surface area contributed by atoms with Gasteiger partial charge in [0.25, 0.3) is 0 Å². The number of alkyl halides is 3. The summed E-state index contributed by atoms with van der Waals surface area (Å²) in [4.78, 5) is 12.6. The largest absolute Gasteiger partial charge is 0.405 e. The first kappa shape index (κ1) is 14.2. The molecular formula is C8H16F3N3O. The highest BCUT2D eigenvalue weighted by molar-refractivity contribution is 5.77. The summed E-state index contributed by atoms with van der Waals surface area (Å²) in [5, 5.41) is 1.78. The Morgan fingerprint density at radius 1 is 1.53 bits per heavy atom. The van der Waals surface area contributed by atoms with Gasteiger partial charge in [-0.1, -0.05) is 0 Å². The molecule has 0 aliphatic rings. The smallest absolute Gasteiger partial charge is 0.346 e. The molecule has 3 N–H and O–H groups in total. The minimum Gasteiger partial charge on any atom is -0.346 e. The summed E-state index contributed by atoms with van der Waals surface area (Å²) in [5.74, 6) is -0.657. The Kier molecular flexibility index (Phi) is 5.59. The molecule has 0 bridgehead atoms. The summed E-state index contributed by atoms with van der Waals surface area (Å²) in [7, 11) is 1.62. The van der Waals surface area contributed by atoms with E-state index in [-0.39, 0.29) is 12.6 Å². The topological polar surface area (TPSA) is 58.4 Å². The van der Waals surface area contributed by atoms with Crippen LogP contribution in [-0.4, -0.2) is 49.7 Å². The number of halogens is 3. The molecule has 0 radical (unpaired) electrons. The number of carbonyl (C=O) groups excluding carboxylic acids is 1. The van der Waals surface area contributed by atoms with E-state index in [9.17, 15) is 18.0 Å². The fraction of sp³-hybridized carbons (Fsp3) is 0.875. The predicted molar refractivity (Wildman–Crippen MR) is 50.2 cm³/mol. The number of nitrogens with two attached hydrogens (primary N) is 1. The first-order valence-corrected chi connectivity index (χ1v) is 4.48. The monoisotopic (exact) mass is 227 g/mol. The van der Waals surface area contributed by atoms with Crippen LogP contribution >= 0.6 is 0 Å². The summed E-state index contributed by atoms with van der Waals surface area (Å²) in [6, 6.07) is -0.120. The highest BCUT2D eigenvalue weighted by atomic mass is 19.4. The van der Waals surface area contributed by atoms with Crippen molar-refractivity contribution in [1.82, 2.24) is 10.2 Å². The Labute approximate surface area is 86.6 Å². The molecule has 1 unspecified atom stereocenters. The van der Waals surface area contributed by atoms with Crippen molar-refractivity contribution in [1.29, 1.82) is 0 Å². The average molecular weight is 227 g/mol. The molecule has 0 aliphatic carbocycles. The van der Waals surface area contributed by atoms with Crippen LogP contribution in [0.2, 0.25) is 0 Å². The van der Waals surface area contributed by atoms with Crippen LogP contribution in [0.25, 0.3) is 0 Å². The third-order valence-electron chi connectivity index (χ3n) is 1.50. The van der Waals surface area contributed by atoms with Gasteiger partial charge in [0.05, 0.1) is 6.54 Å². The number of hydrogen-bond donors (Lipinski definition) is 2. The van der Waals surface area contributed by atoms with Crippen LogP contribution < -0.4 is 11.1 Å². The Hall–Kier alpha value is -0.820. The molecule has 0 saturated carbocycles. The lowest BCUT2D eigenvalue weighted by Gasteiger charge is -2.18. The van der Waals surface area contributed by atoms with Crippen molar-refractivity contribution in [2.24, 2.45) is 5.73 Å². The van der Waals surface area contributed by atoms with E-state index in [1.807, 2.05) is 0 Å². The maximum Gasteiger partial charge on any atom is 0.405 e. The van der Waals surface area contributed by atoms with Gasteiger partial charge in [0.15, 0.2) is 0 Å². The van der Waals surface area contributed by atoms with Crippen LogP contribution in [0.3, 0.4) is 0 Å². The number of rotatable bonds is 5. The van der Waals surface area contributed by atoms with Gasteiger partial charge in [0.1, 0.15) is 6.54 Å². The van der Waals surface area contributed by atoms with Crippen molar-refractivity contribution in [3.8, 4) is 0 Å². The lowest BCUT2D eigenvalue weighted by molar-refractivity contribution is -0.138. The number of carbonyl (C=O) groups is 1. The van der Waals surface area contributed by atoms with Crippen LogP contribution in [0.5, 0.6) is 0 Å². The van der Waals surface area contributed by atoms with Crippen LogP contribution in [0, 0.1) is 0 Å². The maximum atomic E-state index is 11.7. The molecule has 0 aliphatic heterocycles. The molecule has 0 aromatic rings. The van der Waals surface area contributed by atoms with Crippen molar-refractivity contribution >= 4 is 5.91 Å². The van der Waals surface area contributed by atoms with Crippen molar-refractivity contribution < 1.29 is 18.0 Å². The van der Waals surface area contributed by atoms with Gasteiger partial charge in [0.2, 0.25) is 5.91 Å². The highest BCUT2D eigenvalue weighted by Crippen LogP contribution is 2.11. The Balaban J connectivity index is 3.74. The molecule has 0 heterocycles. The molecule has 0 aromatic carbocycles. The second kappa shape index (κ2) is 5.92. The zero-order valence-corrected chi connectivity index (χ0v) is 8.77. The minimum atomic E-state index is -4.37. The molecule has 1 atom stereocenters. The predicted octanol–water partition coefficient (Wildman–Crippen LogP) is -0.0561. The summed E-state index contributed by atoms with van der Waals surface area (Å²) in [6.07, 6.45) is -4.37. The molecule has 90 valence electrons. The van der Waals surface area contributed by atoms with Crippen LogP contribution in [0.4, 0.5) is 13.2 Å². The average Bonchev–Trinajstić information content (AvgIpc) is 1.97. The summed E-state index contributed by atoms with van der Waals surface area (Å²) < 4.78 is 35.1. The third-order valence-corrected chi connectivity index (χ3v) is 1.50. The molecule has 0 aromatic heterocycles. The molecule has 4 nitrogen and oxygen atoms in total. The van der Waals surface area contributed by atoms with Crippen molar-refractivity contribution in [2.75, 3.05) is 26.7 Å². The van der Waals surface area contributed by atoms with E-state index in [0.29, 0.717) is 6.54 Å². The van der Waals surface area contributed by atoms with Crippen LogP contribution in [0.15, 0.2) is 0 Å². The molecule has 0 fully saturated rings. The van der Waals surface area contributed by atoms with Gasteiger partial charge in [0, 0.05) is 12.6 Å². The zero-order chi connectivity index (χ0) is 12.1. The van der Waals surface area contributed by atoms with Gasteiger partial charge in [-0.3, -0.25) is 9.69 Å². The number of nitrogens with zero attached hydrogens (tertiary/aromatic N) is 1. The third kappa shape index (κ3) is 9.48. The quantitative estimate of drug-likeness (QED) is 0.692. The fourth-order valence-electron chi connectivity index (χ4n) is 1.06. The lowest BCUT2D eigenvalue weighted by Crippen LogP contribution is -2.42. The fourth-order valence-corrected chi connectivity index (χ4v) is 1.06. The molecule has 0 rings (SSSR count). The van der Waals surface area contributed by atoms with Gasteiger partial charge in [-0.15, -0.1) is 0 Å². The van der Waals surface area contributed by atoms with Gasteiger partial charge in [-0.25, -0.2) is 0 Å². The van der Waals surface area contributed by atoms with E-state index in [2.05, 4.69) is 0 Å². The zero-order valence-electron chi connectivity index (χ0n) is 8.77. The van der Waals surface area contributed by atoms with E-state index in [1.54, 1.807) is 24.2 Å². The van der Waals surface area contributed by atoms with Gasteiger partial charge >= 0.3 is 6.18 Å². The SMILES string of the molecule is CC(N)CN(C)CC(=O)NCC(F)(F)F. The van der Waals surface area contributed by atoms with E-state index < -0.39 is 18.6 Å². The van der Waals surface area contributed by atoms with Crippen LogP contribution in [-0.2, 0) is 4.79 Å². The van der Waals surface area contributed by atoms with E-state index >= 15 is 0 Å². The molecule has 0 spiro atoms. The Bertz CT molecular complexity index is 206. The number of hydrogen-bond acceptors (Lipinski definition) is 3. The van der Waals surface area contributed by atoms with Crippen LogP contribution in [0.1, 0.15) is 6.92 Å². The summed E-state index contributed by atoms with van der Waals surface area (Å²) in [6.45, 7) is 0.832. The van der Waals surface area contributed by atoms with Crippen molar-refractivity contribution in [2.45, 2.75) is 19.1 Å². The first-order chi connectivity index (χ1) is 6.70. The van der Waals surface area contributed by atoms with E-state index in [1.165, 1.54) is 0 Å². The molecule has 0 saturated heterocycles. The number of amides is 1. The Morgan fingerprint density at radius 2 is 2.07 bits per heavy atom. The minimum absolute atomic E-state index is 0.0857. The highest BCUT2D eigenvalue weighted by Gasteiger charge is 2.27. The van der Waals surface area contributed by atoms with Crippen molar-refractivity contribution in [3.63, 3.8) is 0 Å². The maximum absolute atomic E-state index is 11.7. The molecule has 15 heavy (non-hydrogen) atoms. The number of likely N-dealkylation sites (N-methyl/N-ethyl adjacent to an activating group) is 1. The van der Waals surface area contributed by atoms with Gasteiger partial charge in [-0.05, 0) is 14.0 Å². The van der Waals surface area contributed by atoms with E-state index in [0.717, 1.165) is 0 Å². The summed E-state index contributed by atoms with van der Waals surface area (Å²) >= 11 is 0. The number of nitrogens with one attached hydrogen (secondary N) is 1. The van der Waals surface area contributed by atoms with Gasteiger partial charge in [-0.2, -0.15) is 13.2 Å². The molecule has 7 heteroatoms. The normalized spacial score (nSPS) is 14.1. The second-order valence-electron chi connectivity index (χ2n) is 3.57. The summed E-state index contributed by atoms with van der Waals surface area (Å²) in [5.41, 5.74) is 5.46. The first-order valence-electron chi connectivity index (χ1n) is 4.48. The molecule has 1 amide bonds. The Morgan fingerprint density at radius 3 is 2.47 bits per heavy atom. The lowest BCUT2D eigenvalue weighted by atomic mass is 10.3. The van der Waals surface area contributed by atoms with E-state index in [4.69, 9.17) is 5.73 Å². The molecular weight excluding hydrogens is 211 g/mol.